The molecule has 1 N–H and O–H groups in total. The lowest BCUT2D eigenvalue weighted by Crippen LogP contribution is -2.32. The first-order chi connectivity index (χ1) is 15.9. The van der Waals surface area contributed by atoms with Gasteiger partial charge in [-0.05, 0) is 61.5 Å². The van der Waals surface area contributed by atoms with Gasteiger partial charge in [-0.3, -0.25) is 9.59 Å². The zero-order chi connectivity index (χ0) is 23.5. The van der Waals surface area contributed by atoms with Crippen molar-refractivity contribution in [1.29, 1.82) is 0 Å². The van der Waals surface area contributed by atoms with Gasteiger partial charge >= 0.3 is 0 Å². The van der Waals surface area contributed by atoms with Gasteiger partial charge in [-0.25, -0.2) is 4.90 Å². The molecule has 5 nitrogen and oxygen atoms in total. The van der Waals surface area contributed by atoms with Gasteiger partial charge in [0, 0.05) is 20.0 Å². The van der Waals surface area contributed by atoms with Gasteiger partial charge in [-0.1, -0.05) is 58.7 Å². The van der Waals surface area contributed by atoms with Crippen molar-refractivity contribution < 1.29 is 14.3 Å². The predicted molar refractivity (Wildman–Crippen MR) is 135 cm³/mol. The Labute approximate surface area is 210 Å². The second-order valence-electron chi connectivity index (χ2n) is 6.89. The molecule has 0 radical (unpaired) electrons. The molecule has 168 valence electrons. The highest BCUT2D eigenvalue weighted by Gasteiger charge is 2.40. The van der Waals surface area contributed by atoms with E-state index in [1.807, 2.05) is 19.1 Å². The molecule has 1 aliphatic heterocycles. The highest BCUT2D eigenvalue weighted by Crippen LogP contribution is 2.40. The topological polar surface area (TPSA) is 58.6 Å². The number of benzene rings is 3. The summed E-state index contributed by atoms with van der Waals surface area (Å²) in [7, 11) is 0. The van der Waals surface area contributed by atoms with E-state index in [9.17, 15) is 9.59 Å². The van der Waals surface area contributed by atoms with Crippen LogP contribution in [-0.2, 0) is 9.59 Å². The van der Waals surface area contributed by atoms with Crippen molar-refractivity contribution in [2.45, 2.75) is 11.8 Å². The van der Waals surface area contributed by atoms with Crippen LogP contribution in [0.1, 0.15) is 6.92 Å². The van der Waals surface area contributed by atoms with E-state index in [2.05, 4.69) is 5.32 Å². The van der Waals surface area contributed by atoms with Crippen LogP contribution in [0.25, 0.3) is 0 Å². The van der Waals surface area contributed by atoms with Gasteiger partial charge in [0.2, 0.25) is 0 Å². The van der Waals surface area contributed by atoms with Crippen LogP contribution < -0.4 is 15.0 Å². The Morgan fingerprint density at radius 1 is 0.879 bits per heavy atom. The first kappa shape index (κ1) is 23.5. The third-order valence-electron chi connectivity index (χ3n) is 4.63. The third-order valence-corrected chi connectivity index (χ3v) is 6.41. The molecule has 4 rings (SSSR count). The Balaban J connectivity index is 1.78. The number of hydrogen-bond acceptors (Lipinski definition) is 5. The quantitative estimate of drug-likeness (QED) is 0.339. The van der Waals surface area contributed by atoms with Gasteiger partial charge < -0.3 is 10.1 Å². The first-order valence-electron chi connectivity index (χ1n) is 9.88. The van der Waals surface area contributed by atoms with Crippen molar-refractivity contribution >= 4 is 69.8 Å². The van der Waals surface area contributed by atoms with Crippen LogP contribution in [0.2, 0.25) is 15.1 Å². The second kappa shape index (κ2) is 10.1. The molecule has 0 unspecified atom stereocenters. The SMILES string of the molecule is CCOc1ccccc1NC1=C(Sc2ccc(Cl)cc2)C(=O)N(c2cc(Cl)cc(Cl)c2)C1=O. The minimum Gasteiger partial charge on any atom is -0.492 e. The lowest BCUT2D eigenvalue weighted by Gasteiger charge is -2.16. The predicted octanol–water partition coefficient (Wildman–Crippen LogP) is 7.03. The Hall–Kier alpha value is -2.64. The largest absolute Gasteiger partial charge is 0.492 e. The van der Waals surface area contributed by atoms with Crippen LogP contribution in [0, 0.1) is 0 Å². The average molecular weight is 520 g/mol. The Bertz CT molecular complexity index is 1240. The molecule has 1 aliphatic rings. The number of para-hydroxylation sites is 2. The second-order valence-corrected chi connectivity index (χ2v) is 9.28. The van der Waals surface area contributed by atoms with E-state index < -0.39 is 11.8 Å². The van der Waals surface area contributed by atoms with E-state index >= 15 is 0 Å². The molecule has 0 fully saturated rings. The fourth-order valence-electron chi connectivity index (χ4n) is 3.22. The summed E-state index contributed by atoms with van der Waals surface area (Å²) in [6.07, 6.45) is 0. The van der Waals surface area contributed by atoms with E-state index in [1.54, 1.807) is 36.4 Å². The van der Waals surface area contributed by atoms with Crippen molar-refractivity contribution in [3.05, 3.63) is 92.4 Å². The number of nitrogens with one attached hydrogen (secondary N) is 1. The molecule has 0 saturated carbocycles. The number of nitrogens with zero attached hydrogens (tertiary/aromatic N) is 1. The summed E-state index contributed by atoms with van der Waals surface area (Å²) in [6, 6.07) is 18.8. The van der Waals surface area contributed by atoms with Crippen molar-refractivity contribution in [1.82, 2.24) is 0 Å². The Kier molecular flexibility index (Phi) is 7.20. The molecular formula is C24H17Cl3N2O3S. The summed E-state index contributed by atoms with van der Waals surface area (Å²) >= 11 is 19.4. The van der Waals surface area contributed by atoms with Crippen LogP contribution >= 0.6 is 46.6 Å². The normalized spacial score (nSPS) is 13.6. The van der Waals surface area contributed by atoms with Gasteiger partial charge in [-0.2, -0.15) is 0 Å². The lowest BCUT2D eigenvalue weighted by atomic mass is 10.2. The molecule has 0 aliphatic carbocycles. The zero-order valence-electron chi connectivity index (χ0n) is 17.3. The van der Waals surface area contributed by atoms with Crippen LogP contribution in [0.5, 0.6) is 5.75 Å². The molecule has 0 aromatic heterocycles. The molecule has 0 spiro atoms. The summed E-state index contributed by atoms with van der Waals surface area (Å²) in [6.45, 7) is 2.32. The molecule has 0 saturated heterocycles. The molecule has 1 heterocycles. The van der Waals surface area contributed by atoms with E-state index in [0.29, 0.717) is 33.1 Å². The number of ether oxygens (including phenoxy) is 1. The molecule has 3 aromatic carbocycles. The van der Waals surface area contributed by atoms with Gasteiger partial charge in [-0.15, -0.1) is 0 Å². The van der Waals surface area contributed by atoms with Gasteiger partial charge in [0.25, 0.3) is 11.8 Å². The van der Waals surface area contributed by atoms with E-state index in [-0.39, 0.29) is 16.3 Å². The third kappa shape index (κ3) is 5.14. The van der Waals surface area contributed by atoms with Gasteiger partial charge in [0.15, 0.2) is 0 Å². The number of anilines is 2. The van der Waals surface area contributed by atoms with Crippen LogP contribution in [0.3, 0.4) is 0 Å². The van der Waals surface area contributed by atoms with Crippen LogP contribution in [-0.4, -0.2) is 18.4 Å². The molecule has 33 heavy (non-hydrogen) atoms. The summed E-state index contributed by atoms with van der Waals surface area (Å²) in [5, 5.41) is 4.31. The van der Waals surface area contributed by atoms with Crippen molar-refractivity contribution in [3.63, 3.8) is 0 Å². The summed E-state index contributed by atoms with van der Waals surface area (Å²) in [4.78, 5) is 29.0. The van der Waals surface area contributed by atoms with E-state index in [1.165, 1.54) is 18.2 Å². The molecular weight excluding hydrogens is 503 g/mol. The lowest BCUT2D eigenvalue weighted by molar-refractivity contribution is -0.120. The fraction of sp³-hybridized carbons (Fsp3) is 0.0833. The van der Waals surface area contributed by atoms with Gasteiger partial charge in [0.05, 0.1) is 18.0 Å². The molecule has 2 amide bonds. The first-order valence-corrected chi connectivity index (χ1v) is 11.8. The number of thioether (sulfide) groups is 1. The fourth-order valence-corrected chi connectivity index (χ4v) is 4.79. The minimum absolute atomic E-state index is 0.128. The molecule has 3 aromatic rings. The monoisotopic (exact) mass is 518 g/mol. The maximum absolute atomic E-state index is 13.5. The number of imide groups is 1. The maximum Gasteiger partial charge on any atom is 0.283 e. The number of rotatable bonds is 7. The van der Waals surface area contributed by atoms with E-state index in [0.717, 1.165) is 21.6 Å². The molecule has 9 heteroatoms. The number of carbonyl (C=O) groups is 2. The summed E-state index contributed by atoms with van der Waals surface area (Å²) in [5.41, 5.74) is 0.977. The Morgan fingerprint density at radius 3 is 2.21 bits per heavy atom. The van der Waals surface area contributed by atoms with Crippen LogP contribution in [0.15, 0.2) is 82.2 Å². The average Bonchev–Trinajstić information content (AvgIpc) is 3.00. The minimum atomic E-state index is -0.527. The Morgan fingerprint density at radius 2 is 1.55 bits per heavy atom. The maximum atomic E-state index is 13.5. The highest BCUT2D eigenvalue weighted by atomic mass is 35.5. The number of halogens is 3. The zero-order valence-corrected chi connectivity index (χ0v) is 20.4. The molecule has 0 atom stereocenters. The van der Waals surface area contributed by atoms with Crippen molar-refractivity contribution in [3.8, 4) is 5.75 Å². The highest BCUT2D eigenvalue weighted by molar-refractivity contribution is 8.04. The summed E-state index contributed by atoms with van der Waals surface area (Å²) < 4.78 is 5.67. The van der Waals surface area contributed by atoms with Crippen molar-refractivity contribution in [2.75, 3.05) is 16.8 Å². The number of amides is 2. The van der Waals surface area contributed by atoms with Crippen LogP contribution in [0.4, 0.5) is 11.4 Å². The summed E-state index contributed by atoms with van der Waals surface area (Å²) in [5.74, 6) is -0.455. The van der Waals surface area contributed by atoms with Crippen molar-refractivity contribution in [2.24, 2.45) is 0 Å². The molecule has 0 bridgehead atoms. The number of hydrogen-bond donors (Lipinski definition) is 1. The van der Waals surface area contributed by atoms with Gasteiger partial charge in [0.1, 0.15) is 16.4 Å². The number of carbonyl (C=O) groups excluding carboxylic acids is 2. The standard InChI is InChI=1S/C24H17Cl3N2O3S/c1-2-32-20-6-4-3-5-19(20)28-21-22(33-18-9-7-14(25)8-10-18)24(31)29(23(21)30)17-12-15(26)11-16(27)13-17/h3-13,28H,2H2,1H3. The van der Waals surface area contributed by atoms with E-state index in [4.69, 9.17) is 39.5 Å². The smallest absolute Gasteiger partial charge is 0.283 e.